The Labute approximate surface area is 74.4 Å². The highest BCUT2D eigenvalue weighted by molar-refractivity contribution is 5.85. The molecule has 2 N–H and O–H groups in total. The summed E-state index contributed by atoms with van der Waals surface area (Å²) in [7, 11) is 0. The van der Waals surface area contributed by atoms with E-state index >= 15 is 0 Å². The standard InChI is InChI=1S/C9H8N2O2/c10-8(12)3-7-5-11-4-6-1-2-13-9(6)7/h1-2,4-5H,3H2,(H2,10,12). The summed E-state index contributed by atoms with van der Waals surface area (Å²) in [6.45, 7) is 0. The molecule has 66 valence electrons. The van der Waals surface area contributed by atoms with Crippen molar-refractivity contribution in [3.63, 3.8) is 0 Å². The van der Waals surface area contributed by atoms with Gasteiger partial charge in [-0.05, 0) is 6.07 Å². The van der Waals surface area contributed by atoms with E-state index in [1.807, 2.05) is 0 Å². The zero-order valence-corrected chi connectivity index (χ0v) is 6.86. The van der Waals surface area contributed by atoms with Gasteiger partial charge in [0.25, 0.3) is 0 Å². The van der Waals surface area contributed by atoms with Gasteiger partial charge in [0, 0.05) is 23.3 Å². The zero-order valence-electron chi connectivity index (χ0n) is 6.86. The Bertz CT molecular complexity index is 448. The van der Waals surface area contributed by atoms with Crippen LogP contribution in [0.25, 0.3) is 11.0 Å². The Kier molecular flexibility index (Phi) is 1.73. The largest absolute Gasteiger partial charge is 0.464 e. The molecule has 2 heterocycles. The van der Waals surface area contributed by atoms with E-state index in [0.717, 1.165) is 10.9 Å². The number of fused-ring (bicyclic) bond motifs is 1. The first-order chi connectivity index (χ1) is 6.27. The quantitative estimate of drug-likeness (QED) is 0.737. The van der Waals surface area contributed by atoms with Crippen molar-refractivity contribution in [1.29, 1.82) is 0 Å². The first-order valence-electron chi connectivity index (χ1n) is 3.86. The van der Waals surface area contributed by atoms with Crippen molar-refractivity contribution in [3.8, 4) is 0 Å². The van der Waals surface area contributed by atoms with E-state index in [1.165, 1.54) is 0 Å². The second kappa shape index (κ2) is 2.90. The average Bonchev–Trinajstić information content (AvgIpc) is 2.51. The fourth-order valence-corrected chi connectivity index (χ4v) is 1.26. The minimum atomic E-state index is -0.384. The van der Waals surface area contributed by atoms with Crippen molar-refractivity contribution in [3.05, 3.63) is 30.3 Å². The van der Waals surface area contributed by atoms with Crippen LogP contribution in [0.4, 0.5) is 0 Å². The monoisotopic (exact) mass is 176 g/mol. The van der Waals surface area contributed by atoms with Crippen LogP contribution in [0.15, 0.2) is 29.1 Å². The van der Waals surface area contributed by atoms with E-state index in [9.17, 15) is 4.79 Å². The number of primary amides is 1. The summed E-state index contributed by atoms with van der Waals surface area (Å²) in [4.78, 5) is 14.7. The summed E-state index contributed by atoms with van der Waals surface area (Å²) in [5, 5.41) is 0.888. The van der Waals surface area contributed by atoms with Gasteiger partial charge in [-0.15, -0.1) is 0 Å². The molecule has 0 aliphatic rings. The fourth-order valence-electron chi connectivity index (χ4n) is 1.26. The van der Waals surface area contributed by atoms with E-state index < -0.39 is 0 Å². The number of nitrogens with zero attached hydrogens (tertiary/aromatic N) is 1. The third kappa shape index (κ3) is 1.38. The molecule has 0 saturated heterocycles. The molecule has 0 radical (unpaired) electrons. The molecule has 13 heavy (non-hydrogen) atoms. The van der Waals surface area contributed by atoms with Gasteiger partial charge in [-0.2, -0.15) is 0 Å². The maximum Gasteiger partial charge on any atom is 0.222 e. The highest BCUT2D eigenvalue weighted by Crippen LogP contribution is 2.18. The number of carbonyl (C=O) groups excluding carboxylic acids is 1. The molecular formula is C9H8N2O2. The summed E-state index contributed by atoms with van der Waals surface area (Å²) >= 11 is 0. The van der Waals surface area contributed by atoms with Gasteiger partial charge in [-0.25, -0.2) is 0 Å². The molecule has 0 atom stereocenters. The minimum Gasteiger partial charge on any atom is -0.464 e. The van der Waals surface area contributed by atoms with Crippen LogP contribution in [0.3, 0.4) is 0 Å². The average molecular weight is 176 g/mol. The summed E-state index contributed by atoms with van der Waals surface area (Å²) < 4.78 is 5.20. The Morgan fingerprint density at radius 3 is 3.15 bits per heavy atom. The lowest BCUT2D eigenvalue weighted by Gasteiger charge is -1.96. The van der Waals surface area contributed by atoms with Crippen LogP contribution in [0.2, 0.25) is 0 Å². The summed E-state index contributed by atoms with van der Waals surface area (Å²) in [6, 6.07) is 1.80. The molecule has 2 rings (SSSR count). The predicted molar refractivity (Wildman–Crippen MR) is 46.9 cm³/mol. The Hall–Kier alpha value is -1.84. The summed E-state index contributed by atoms with van der Waals surface area (Å²) in [5.41, 5.74) is 6.50. The van der Waals surface area contributed by atoms with Crippen LogP contribution >= 0.6 is 0 Å². The van der Waals surface area contributed by atoms with E-state index in [2.05, 4.69) is 4.98 Å². The molecule has 4 heteroatoms. The second-order valence-electron chi connectivity index (χ2n) is 2.78. The fraction of sp³-hybridized carbons (Fsp3) is 0.111. The van der Waals surface area contributed by atoms with E-state index in [-0.39, 0.29) is 12.3 Å². The lowest BCUT2D eigenvalue weighted by molar-refractivity contribution is -0.117. The number of pyridine rings is 1. The second-order valence-corrected chi connectivity index (χ2v) is 2.78. The number of hydrogen-bond acceptors (Lipinski definition) is 3. The molecule has 0 saturated carbocycles. The molecule has 1 amide bonds. The lowest BCUT2D eigenvalue weighted by Crippen LogP contribution is -2.13. The van der Waals surface area contributed by atoms with Gasteiger partial charge in [0.1, 0.15) is 5.58 Å². The third-order valence-electron chi connectivity index (χ3n) is 1.80. The third-order valence-corrected chi connectivity index (χ3v) is 1.80. The van der Waals surface area contributed by atoms with Crippen molar-refractivity contribution < 1.29 is 9.21 Å². The van der Waals surface area contributed by atoms with E-state index in [1.54, 1.807) is 24.7 Å². The first-order valence-corrected chi connectivity index (χ1v) is 3.86. The van der Waals surface area contributed by atoms with Gasteiger partial charge in [0.15, 0.2) is 0 Å². The Morgan fingerprint density at radius 2 is 2.38 bits per heavy atom. The number of rotatable bonds is 2. The lowest BCUT2D eigenvalue weighted by atomic mass is 10.1. The predicted octanol–water partition coefficient (Wildman–Crippen LogP) is 0.856. The molecule has 0 bridgehead atoms. The Morgan fingerprint density at radius 1 is 1.54 bits per heavy atom. The van der Waals surface area contributed by atoms with Crippen LogP contribution < -0.4 is 5.73 Å². The van der Waals surface area contributed by atoms with Gasteiger partial charge in [-0.1, -0.05) is 0 Å². The minimum absolute atomic E-state index is 0.165. The van der Waals surface area contributed by atoms with Crippen LogP contribution in [-0.2, 0) is 11.2 Å². The molecule has 0 spiro atoms. The van der Waals surface area contributed by atoms with Gasteiger partial charge < -0.3 is 10.2 Å². The molecule has 0 aromatic carbocycles. The van der Waals surface area contributed by atoms with Crippen molar-refractivity contribution >= 4 is 16.9 Å². The maximum atomic E-state index is 10.7. The van der Waals surface area contributed by atoms with Crippen LogP contribution in [-0.4, -0.2) is 10.9 Å². The van der Waals surface area contributed by atoms with E-state index in [0.29, 0.717) is 5.58 Å². The number of aromatic nitrogens is 1. The first kappa shape index (κ1) is 7.79. The molecule has 4 nitrogen and oxygen atoms in total. The Balaban J connectivity index is 2.54. The van der Waals surface area contributed by atoms with Crippen molar-refractivity contribution in [2.45, 2.75) is 6.42 Å². The smallest absolute Gasteiger partial charge is 0.222 e. The molecule has 2 aromatic heterocycles. The van der Waals surface area contributed by atoms with Crippen molar-refractivity contribution in [2.24, 2.45) is 5.73 Å². The van der Waals surface area contributed by atoms with Gasteiger partial charge in [0.2, 0.25) is 5.91 Å². The van der Waals surface area contributed by atoms with Crippen LogP contribution in [0, 0.1) is 0 Å². The van der Waals surface area contributed by atoms with Gasteiger partial charge in [0.05, 0.1) is 12.7 Å². The summed E-state index contributed by atoms with van der Waals surface area (Å²) in [5.74, 6) is -0.384. The van der Waals surface area contributed by atoms with Crippen LogP contribution in [0.5, 0.6) is 0 Å². The number of nitrogens with two attached hydrogens (primary N) is 1. The number of amides is 1. The molecule has 0 aliphatic heterocycles. The van der Waals surface area contributed by atoms with Gasteiger partial charge >= 0.3 is 0 Å². The van der Waals surface area contributed by atoms with Gasteiger partial charge in [-0.3, -0.25) is 9.78 Å². The maximum absolute atomic E-state index is 10.7. The van der Waals surface area contributed by atoms with E-state index in [4.69, 9.17) is 10.2 Å². The molecule has 2 aromatic rings. The molecule has 0 fully saturated rings. The van der Waals surface area contributed by atoms with Crippen molar-refractivity contribution in [2.75, 3.05) is 0 Å². The normalized spacial score (nSPS) is 10.5. The highest BCUT2D eigenvalue weighted by atomic mass is 16.3. The number of hydrogen-bond donors (Lipinski definition) is 1. The SMILES string of the molecule is NC(=O)Cc1cncc2ccoc12. The number of furan rings is 1. The highest BCUT2D eigenvalue weighted by Gasteiger charge is 2.06. The van der Waals surface area contributed by atoms with Crippen molar-refractivity contribution in [1.82, 2.24) is 4.98 Å². The molecule has 0 unspecified atom stereocenters. The topological polar surface area (TPSA) is 69.1 Å². The molecule has 0 aliphatic carbocycles. The number of carbonyl (C=O) groups is 1. The summed E-state index contributed by atoms with van der Waals surface area (Å²) in [6.07, 6.45) is 5.01. The molecular weight excluding hydrogens is 168 g/mol. The van der Waals surface area contributed by atoms with Crippen LogP contribution in [0.1, 0.15) is 5.56 Å². The zero-order chi connectivity index (χ0) is 9.26.